The molecule has 3 heteroatoms. The van der Waals surface area contributed by atoms with Crippen molar-refractivity contribution < 1.29 is 9.53 Å². The van der Waals surface area contributed by atoms with Gasteiger partial charge in [0.1, 0.15) is 0 Å². The number of methoxy groups -OCH3 is 1. The predicted octanol–water partition coefficient (Wildman–Crippen LogP) is 1.30. The molecule has 0 aromatic carbocycles. The van der Waals surface area contributed by atoms with Crippen molar-refractivity contribution in [2.24, 2.45) is 0 Å². The Kier molecular flexibility index (Phi) is 3.54. The second-order valence-electron chi connectivity index (χ2n) is 2.32. The second kappa shape index (κ2) is 3.66. The van der Waals surface area contributed by atoms with Crippen LogP contribution in [0.4, 0.5) is 0 Å². The molecule has 9 heavy (non-hydrogen) atoms. The van der Waals surface area contributed by atoms with Crippen LogP contribution in [0.2, 0.25) is 18.6 Å². The number of hydrogen-bond donors (Lipinski definition) is 0. The van der Waals surface area contributed by atoms with Gasteiger partial charge < -0.3 is 4.74 Å². The second-order valence-corrected chi connectivity index (χ2v) is 5.34. The van der Waals surface area contributed by atoms with Gasteiger partial charge in [-0.25, -0.2) is 0 Å². The first kappa shape index (κ1) is 8.69. The average molecular weight is 145 g/mol. The molecule has 0 aliphatic rings. The first-order chi connectivity index (χ1) is 4.09. The van der Waals surface area contributed by atoms with Crippen molar-refractivity contribution in [2.75, 3.05) is 7.11 Å². The number of hydrogen-bond acceptors (Lipinski definition) is 2. The molecule has 0 aromatic rings. The van der Waals surface area contributed by atoms with Gasteiger partial charge in [-0.1, -0.05) is 20.0 Å². The van der Waals surface area contributed by atoms with Gasteiger partial charge in [0, 0.05) is 5.54 Å². The van der Waals surface area contributed by atoms with Crippen molar-refractivity contribution in [1.82, 2.24) is 0 Å². The molecule has 1 atom stereocenters. The third-order valence-corrected chi connectivity index (χ3v) is 3.39. The van der Waals surface area contributed by atoms with Crippen LogP contribution in [0.1, 0.15) is 6.92 Å². The normalized spacial score (nSPS) is 13.4. The molecule has 0 aliphatic heterocycles. The molecule has 2 nitrogen and oxygen atoms in total. The summed E-state index contributed by atoms with van der Waals surface area (Å²) >= 11 is 0. The highest BCUT2D eigenvalue weighted by atomic mass is 28.3. The monoisotopic (exact) mass is 145 g/mol. The molecule has 0 saturated carbocycles. The van der Waals surface area contributed by atoms with E-state index in [0.717, 1.165) is 0 Å². The summed E-state index contributed by atoms with van der Waals surface area (Å²) in [5.41, 5.74) is 0.125. The van der Waals surface area contributed by atoms with Crippen molar-refractivity contribution in [3.63, 3.8) is 0 Å². The molecule has 0 bridgehead atoms. The maximum Gasteiger partial charge on any atom is 0.305 e. The molecule has 53 valence electrons. The average Bonchev–Trinajstić information content (AvgIpc) is 1.84. The molecule has 0 rings (SSSR count). The summed E-state index contributed by atoms with van der Waals surface area (Å²) in [5.74, 6) is -0.0751. The largest absolute Gasteiger partial charge is 0.469 e. The highest BCUT2D eigenvalue weighted by molar-refractivity contribution is 6.61. The Hall–Kier alpha value is -0.313. The van der Waals surface area contributed by atoms with E-state index < -0.39 is 8.80 Å². The summed E-state index contributed by atoms with van der Waals surface area (Å²) in [5, 5.41) is 0. The van der Waals surface area contributed by atoms with Crippen LogP contribution in [-0.4, -0.2) is 21.9 Å². The fourth-order valence-electron chi connectivity index (χ4n) is 0.412. The standard InChI is InChI=1S/C6H13O2Si/c1-5(9(3)4)6(7)8-2/h5H,1-4H3/t5-/m0/s1. The van der Waals surface area contributed by atoms with Crippen molar-refractivity contribution >= 4 is 14.8 Å². The van der Waals surface area contributed by atoms with Crippen molar-refractivity contribution in [1.29, 1.82) is 0 Å². The Balaban J connectivity index is 3.72. The van der Waals surface area contributed by atoms with Gasteiger partial charge in [0.25, 0.3) is 0 Å². The van der Waals surface area contributed by atoms with Gasteiger partial charge in [0.05, 0.1) is 15.9 Å². The molecular formula is C6H13O2Si. The summed E-state index contributed by atoms with van der Waals surface area (Å²) in [7, 11) is 0.936. The number of carbonyl (C=O) groups is 1. The zero-order chi connectivity index (χ0) is 7.44. The van der Waals surface area contributed by atoms with Crippen LogP contribution in [0.15, 0.2) is 0 Å². The molecule has 0 spiro atoms. The lowest BCUT2D eigenvalue weighted by molar-refractivity contribution is -0.140. The van der Waals surface area contributed by atoms with Gasteiger partial charge in [-0.05, 0) is 0 Å². The third-order valence-electron chi connectivity index (χ3n) is 1.42. The van der Waals surface area contributed by atoms with E-state index in [1.165, 1.54) is 7.11 Å². The van der Waals surface area contributed by atoms with Crippen LogP contribution in [0.5, 0.6) is 0 Å². The lowest BCUT2D eigenvalue weighted by Crippen LogP contribution is -2.19. The van der Waals surface area contributed by atoms with Gasteiger partial charge in [-0.3, -0.25) is 4.79 Å². The van der Waals surface area contributed by atoms with E-state index in [-0.39, 0.29) is 11.5 Å². The van der Waals surface area contributed by atoms with E-state index in [0.29, 0.717) is 0 Å². The smallest absolute Gasteiger partial charge is 0.305 e. The van der Waals surface area contributed by atoms with E-state index in [4.69, 9.17) is 0 Å². The lowest BCUT2D eigenvalue weighted by atomic mass is 10.5. The lowest BCUT2D eigenvalue weighted by Gasteiger charge is -2.09. The number of carbonyl (C=O) groups excluding carboxylic acids is 1. The van der Waals surface area contributed by atoms with Gasteiger partial charge in [-0.15, -0.1) is 0 Å². The molecule has 0 aromatic heterocycles. The first-order valence-electron chi connectivity index (χ1n) is 2.97. The van der Waals surface area contributed by atoms with E-state index in [2.05, 4.69) is 17.8 Å². The van der Waals surface area contributed by atoms with Crippen LogP contribution in [-0.2, 0) is 9.53 Å². The Morgan fingerprint density at radius 2 is 2.00 bits per heavy atom. The fraction of sp³-hybridized carbons (Fsp3) is 0.833. The van der Waals surface area contributed by atoms with Crippen molar-refractivity contribution in [3.05, 3.63) is 0 Å². The Morgan fingerprint density at radius 1 is 1.56 bits per heavy atom. The molecule has 0 saturated heterocycles. The Bertz CT molecular complexity index is 101. The number of ether oxygens (including phenoxy) is 1. The van der Waals surface area contributed by atoms with Crippen LogP contribution in [0.3, 0.4) is 0 Å². The van der Waals surface area contributed by atoms with Gasteiger partial charge in [-0.2, -0.15) is 0 Å². The highest BCUT2D eigenvalue weighted by Crippen LogP contribution is 2.09. The van der Waals surface area contributed by atoms with E-state index in [1.807, 2.05) is 6.92 Å². The summed E-state index contributed by atoms with van der Waals surface area (Å²) in [6, 6.07) is 0. The van der Waals surface area contributed by atoms with E-state index in [9.17, 15) is 4.79 Å². The summed E-state index contributed by atoms with van der Waals surface area (Å²) in [6.45, 7) is 6.12. The summed E-state index contributed by atoms with van der Waals surface area (Å²) in [4.78, 5) is 10.8. The minimum atomic E-state index is -0.498. The van der Waals surface area contributed by atoms with Crippen LogP contribution in [0, 0.1) is 0 Å². The van der Waals surface area contributed by atoms with E-state index in [1.54, 1.807) is 0 Å². The van der Waals surface area contributed by atoms with Crippen LogP contribution in [0.25, 0.3) is 0 Å². The molecule has 0 N–H and O–H groups in total. The maximum absolute atomic E-state index is 10.8. The van der Waals surface area contributed by atoms with Crippen molar-refractivity contribution in [2.45, 2.75) is 25.6 Å². The summed E-state index contributed by atoms with van der Waals surface area (Å²) < 4.78 is 4.56. The molecule has 0 heterocycles. The molecule has 0 fully saturated rings. The van der Waals surface area contributed by atoms with Gasteiger partial charge in [0.15, 0.2) is 0 Å². The first-order valence-corrected chi connectivity index (χ1v) is 5.55. The zero-order valence-corrected chi connectivity index (χ0v) is 7.39. The van der Waals surface area contributed by atoms with E-state index >= 15 is 0 Å². The summed E-state index contributed by atoms with van der Waals surface area (Å²) in [6.07, 6.45) is 0. The number of esters is 1. The minimum Gasteiger partial charge on any atom is -0.469 e. The molecule has 0 amide bonds. The van der Waals surface area contributed by atoms with Crippen LogP contribution >= 0.6 is 0 Å². The SMILES string of the molecule is COC(=O)[C@H](C)[Si](C)C. The minimum absolute atomic E-state index is 0.0751. The predicted molar refractivity (Wildman–Crippen MR) is 38.9 cm³/mol. The topological polar surface area (TPSA) is 26.3 Å². The Labute approximate surface area is 57.8 Å². The molecule has 0 unspecified atom stereocenters. The maximum atomic E-state index is 10.8. The number of rotatable bonds is 2. The van der Waals surface area contributed by atoms with Gasteiger partial charge >= 0.3 is 5.97 Å². The highest BCUT2D eigenvalue weighted by Gasteiger charge is 2.17. The third kappa shape index (κ3) is 2.65. The fourth-order valence-corrected chi connectivity index (χ4v) is 1.00. The molecular weight excluding hydrogens is 132 g/mol. The quantitative estimate of drug-likeness (QED) is 0.432. The van der Waals surface area contributed by atoms with Crippen LogP contribution < -0.4 is 0 Å². The van der Waals surface area contributed by atoms with Crippen molar-refractivity contribution in [3.8, 4) is 0 Å². The molecule has 1 radical (unpaired) electrons. The van der Waals surface area contributed by atoms with Gasteiger partial charge in [0.2, 0.25) is 0 Å². The molecule has 0 aliphatic carbocycles. The Morgan fingerprint density at radius 3 is 2.11 bits per heavy atom. The zero-order valence-electron chi connectivity index (χ0n) is 6.39.